The van der Waals surface area contributed by atoms with Crippen molar-refractivity contribution >= 4 is 39.9 Å². The second-order valence-corrected chi connectivity index (χ2v) is 6.58. The number of non-ortho nitro benzene ring substituents is 1. The minimum Gasteiger partial charge on any atom is -0.316 e. The molecule has 9 heteroatoms. The van der Waals surface area contributed by atoms with Crippen LogP contribution in [0.15, 0.2) is 29.4 Å². The van der Waals surface area contributed by atoms with E-state index in [0.717, 1.165) is 19.4 Å². The van der Waals surface area contributed by atoms with Gasteiger partial charge in [0.05, 0.1) is 38.2 Å². The van der Waals surface area contributed by atoms with Crippen molar-refractivity contribution < 1.29 is 9.13 Å². The summed E-state index contributed by atoms with van der Waals surface area (Å²) in [4.78, 5) is 18.8. The van der Waals surface area contributed by atoms with Gasteiger partial charge in [-0.15, -0.1) is 12.4 Å². The van der Waals surface area contributed by atoms with Crippen LogP contribution in [0.2, 0.25) is 0 Å². The van der Waals surface area contributed by atoms with Crippen LogP contribution in [0.4, 0.5) is 5.69 Å². The summed E-state index contributed by atoms with van der Waals surface area (Å²) < 4.78 is 12.5. The van der Waals surface area contributed by atoms with Gasteiger partial charge in [0.15, 0.2) is 0 Å². The van der Waals surface area contributed by atoms with Crippen LogP contribution in [0.3, 0.4) is 0 Å². The Balaban J connectivity index is 0.00000176. The van der Waals surface area contributed by atoms with Crippen molar-refractivity contribution in [3.05, 3.63) is 34.5 Å². The summed E-state index contributed by atoms with van der Waals surface area (Å²) in [6.45, 7) is 1.67. The summed E-state index contributed by atoms with van der Waals surface area (Å²) in [7, 11) is -1.21. The number of nitrogens with one attached hydrogen (secondary N) is 1. The van der Waals surface area contributed by atoms with E-state index in [1.165, 1.54) is 18.3 Å². The summed E-state index contributed by atoms with van der Waals surface area (Å²) in [5.41, 5.74) is 0.934. The molecule has 0 amide bonds. The number of aromatic nitrogens is 2. The number of benzene rings is 1. The van der Waals surface area contributed by atoms with Crippen molar-refractivity contribution in [3.63, 3.8) is 0 Å². The second-order valence-electron chi connectivity index (χ2n) is 4.90. The monoisotopic (exact) mass is 342 g/mol. The van der Waals surface area contributed by atoms with E-state index in [1.54, 1.807) is 6.07 Å². The molecule has 2 atom stereocenters. The molecular formula is C13H15ClN4O3S. The molecule has 2 aromatic rings. The Bertz CT molecular complexity index is 721. The average Bonchev–Trinajstić information content (AvgIpc) is 2.54. The summed E-state index contributed by atoms with van der Waals surface area (Å²) in [6, 6.07) is 4.30. The predicted octanol–water partition coefficient (Wildman–Crippen LogP) is 1.82. The van der Waals surface area contributed by atoms with Crippen molar-refractivity contribution in [1.29, 1.82) is 0 Å². The highest BCUT2D eigenvalue weighted by Crippen LogP contribution is 2.20. The zero-order valence-electron chi connectivity index (χ0n) is 11.6. The molecule has 2 unspecified atom stereocenters. The molecule has 0 bridgehead atoms. The Morgan fingerprint density at radius 1 is 1.36 bits per heavy atom. The first-order chi connectivity index (χ1) is 10.1. The fraction of sp³-hybridized carbons (Fsp3) is 0.385. The van der Waals surface area contributed by atoms with Gasteiger partial charge in [-0.2, -0.15) is 0 Å². The molecule has 1 N–H and O–H groups in total. The van der Waals surface area contributed by atoms with Gasteiger partial charge in [-0.25, -0.2) is 4.98 Å². The topological polar surface area (TPSA) is 98.0 Å². The van der Waals surface area contributed by atoms with Crippen LogP contribution in [0, 0.1) is 10.1 Å². The Morgan fingerprint density at radius 2 is 2.18 bits per heavy atom. The van der Waals surface area contributed by atoms with E-state index in [2.05, 4.69) is 15.3 Å². The smallest absolute Gasteiger partial charge is 0.271 e. The maximum absolute atomic E-state index is 12.5. The summed E-state index contributed by atoms with van der Waals surface area (Å²) in [6.07, 6.45) is 3.36. The molecule has 0 saturated carbocycles. The van der Waals surface area contributed by atoms with Gasteiger partial charge >= 0.3 is 0 Å². The predicted molar refractivity (Wildman–Crippen MR) is 85.7 cm³/mol. The third-order valence-electron chi connectivity index (χ3n) is 3.48. The molecule has 0 spiro atoms. The first-order valence-corrected chi connectivity index (χ1v) is 7.89. The lowest BCUT2D eigenvalue weighted by Gasteiger charge is -2.21. The van der Waals surface area contributed by atoms with Crippen molar-refractivity contribution in [3.8, 4) is 0 Å². The maximum atomic E-state index is 12.5. The van der Waals surface area contributed by atoms with Crippen LogP contribution in [-0.4, -0.2) is 37.4 Å². The molecule has 1 fully saturated rings. The molecule has 22 heavy (non-hydrogen) atoms. The molecule has 7 nitrogen and oxygen atoms in total. The van der Waals surface area contributed by atoms with E-state index in [4.69, 9.17) is 0 Å². The van der Waals surface area contributed by atoms with Crippen molar-refractivity contribution in [2.75, 3.05) is 13.1 Å². The fourth-order valence-corrected chi connectivity index (χ4v) is 3.70. The van der Waals surface area contributed by atoms with E-state index in [0.29, 0.717) is 22.6 Å². The average molecular weight is 343 g/mol. The van der Waals surface area contributed by atoms with Crippen molar-refractivity contribution in [1.82, 2.24) is 15.3 Å². The summed E-state index contributed by atoms with van der Waals surface area (Å²) in [5, 5.41) is 14.4. The molecule has 0 aliphatic carbocycles. The number of nitrogens with zero attached hydrogens (tertiary/aromatic N) is 3. The molecule has 1 saturated heterocycles. The highest BCUT2D eigenvalue weighted by molar-refractivity contribution is 7.85. The fourth-order valence-electron chi connectivity index (χ4n) is 2.37. The van der Waals surface area contributed by atoms with E-state index in [9.17, 15) is 14.3 Å². The van der Waals surface area contributed by atoms with Crippen LogP contribution in [0.1, 0.15) is 12.8 Å². The van der Waals surface area contributed by atoms with E-state index in [1.807, 2.05) is 0 Å². The SMILES string of the molecule is Cl.O=[N+]([O-])c1ccc2nc(S(=O)C3CCCNC3)cnc2c1. The van der Waals surface area contributed by atoms with Crippen LogP contribution in [0.25, 0.3) is 11.0 Å². The normalized spacial score (nSPS) is 19.4. The summed E-state index contributed by atoms with van der Waals surface area (Å²) >= 11 is 0. The first kappa shape index (κ1) is 16.7. The van der Waals surface area contributed by atoms with E-state index in [-0.39, 0.29) is 23.3 Å². The summed E-state index contributed by atoms with van der Waals surface area (Å²) in [5.74, 6) is 0. The number of halogens is 1. The van der Waals surface area contributed by atoms with Gasteiger partial charge in [-0.1, -0.05) is 0 Å². The second kappa shape index (κ2) is 7.08. The molecule has 1 aliphatic rings. The Hall–Kier alpha value is -1.64. The molecule has 2 heterocycles. The van der Waals surface area contributed by atoms with Gasteiger partial charge in [0.25, 0.3) is 5.69 Å². The zero-order chi connectivity index (χ0) is 14.8. The molecule has 118 valence electrons. The number of nitro benzene ring substituents is 1. The van der Waals surface area contributed by atoms with Crippen molar-refractivity contribution in [2.45, 2.75) is 23.1 Å². The minimum absolute atomic E-state index is 0. The third-order valence-corrected chi connectivity index (χ3v) is 5.09. The van der Waals surface area contributed by atoms with Crippen LogP contribution >= 0.6 is 12.4 Å². The first-order valence-electron chi connectivity index (χ1n) is 6.67. The lowest BCUT2D eigenvalue weighted by molar-refractivity contribution is -0.384. The number of piperidine rings is 1. The number of rotatable bonds is 3. The number of fused-ring (bicyclic) bond motifs is 1. The third kappa shape index (κ3) is 3.40. The van der Waals surface area contributed by atoms with Crippen LogP contribution < -0.4 is 5.32 Å². The Kier molecular flexibility index (Phi) is 5.38. The lowest BCUT2D eigenvalue weighted by Crippen LogP contribution is -2.36. The van der Waals surface area contributed by atoms with Gasteiger partial charge in [0.1, 0.15) is 5.03 Å². The van der Waals surface area contributed by atoms with E-state index < -0.39 is 15.7 Å². The molecule has 1 aromatic carbocycles. The van der Waals surface area contributed by atoms with Gasteiger partial charge in [0.2, 0.25) is 0 Å². The van der Waals surface area contributed by atoms with Gasteiger partial charge in [0, 0.05) is 18.7 Å². The highest BCUT2D eigenvalue weighted by Gasteiger charge is 2.22. The molecular weight excluding hydrogens is 328 g/mol. The Labute approximate surface area is 135 Å². The standard InChI is InChI=1S/C13H14N4O3S.ClH/c18-17(19)9-3-4-11-12(6-9)15-8-13(16-11)21(20)10-2-1-5-14-7-10;/h3-4,6,8,10,14H,1-2,5,7H2;1H. The largest absolute Gasteiger partial charge is 0.316 e. The van der Waals surface area contributed by atoms with Crippen molar-refractivity contribution in [2.24, 2.45) is 0 Å². The molecule has 3 rings (SSSR count). The maximum Gasteiger partial charge on any atom is 0.271 e. The number of hydrogen-bond acceptors (Lipinski definition) is 6. The quantitative estimate of drug-likeness (QED) is 0.675. The van der Waals surface area contributed by atoms with Crippen LogP contribution in [0.5, 0.6) is 0 Å². The Morgan fingerprint density at radius 3 is 2.86 bits per heavy atom. The van der Waals surface area contributed by atoms with E-state index >= 15 is 0 Å². The minimum atomic E-state index is -1.21. The zero-order valence-corrected chi connectivity index (χ0v) is 13.2. The molecule has 1 aromatic heterocycles. The lowest BCUT2D eigenvalue weighted by atomic mass is 10.2. The number of hydrogen-bond donors (Lipinski definition) is 1. The van der Waals surface area contributed by atoms with Crippen LogP contribution in [-0.2, 0) is 10.8 Å². The molecule has 1 aliphatic heterocycles. The van der Waals surface area contributed by atoms with Gasteiger partial charge in [-0.05, 0) is 25.5 Å². The molecule has 0 radical (unpaired) electrons. The number of nitro groups is 1. The van der Waals surface area contributed by atoms with Gasteiger partial charge in [-0.3, -0.25) is 19.3 Å². The highest BCUT2D eigenvalue weighted by atomic mass is 35.5. The van der Waals surface area contributed by atoms with Gasteiger partial charge < -0.3 is 5.32 Å².